The number of ketones is 1. The van der Waals surface area contributed by atoms with E-state index in [4.69, 9.17) is 0 Å². The Balaban J connectivity index is 2.23. The fourth-order valence-corrected chi connectivity index (χ4v) is 2.50. The van der Waals surface area contributed by atoms with Crippen molar-refractivity contribution in [3.8, 4) is 0 Å². The summed E-state index contributed by atoms with van der Waals surface area (Å²) >= 11 is 0. The van der Waals surface area contributed by atoms with Crippen LogP contribution >= 0.6 is 0 Å². The first-order valence-electron chi connectivity index (χ1n) is 6.85. The van der Waals surface area contributed by atoms with E-state index in [0.29, 0.717) is 5.69 Å². The lowest BCUT2D eigenvalue weighted by atomic mass is 9.94. The second-order valence-electron chi connectivity index (χ2n) is 5.19. The quantitative estimate of drug-likeness (QED) is 0.730. The van der Waals surface area contributed by atoms with Gasteiger partial charge in [-0.3, -0.25) is 9.78 Å². The number of carbonyl (C=O) groups excluding carboxylic acids is 1. The van der Waals surface area contributed by atoms with Gasteiger partial charge in [0.2, 0.25) is 5.78 Å². The molecule has 2 rings (SSSR count). The van der Waals surface area contributed by atoms with Gasteiger partial charge in [0.15, 0.2) is 0 Å². The molecular formula is C16H21NO. The Morgan fingerprint density at radius 2 is 1.94 bits per heavy atom. The second kappa shape index (κ2) is 5.94. The maximum atomic E-state index is 12.5. The molecule has 0 atom stereocenters. The minimum atomic E-state index is 0.134. The lowest BCUT2D eigenvalue weighted by Gasteiger charge is -2.11. The summed E-state index contributed by atoms with van der Waals surface area (Å²) in [5, 5.41) is 0. The Morgan fingerprint density at radius 1 is 1.17 bits per heavy atom. The van der Waals surface area contributed by atoms with Gasteiger partial charge in [-0.25, -0.2) is 0 Å². The van der Waals surface area contributed by atoms with Crippen LogP contribution in [-0.4, -0.2) is 10.8 Å². The van der Waals surface area contributed by atoms with Crippen molar-refractivity contribution >= 4 is 5.78 Å². The first-order chi connectivity index (χ1) is 8.68. The molecule has 0 saturated carbocycles. The molecule has 1 aliphatic carbocycles. The molecule has 1 aromatic rings. The fourth-order valence-electron chi connectivity index (χ4n) is 2.50. The molecule has 1 aromatic heterocycles. The van der Waals surface area contributed by atoms with E-state index in [1.165, 1.54) is 19.3 Å². The van der Waals surface area contributed by atoms with Crippen molar-refractivity contribution in [2.75, 3.05) is 0 Å². The van der Waals surface area contributed by atoms with Crippen molar-refractivity contribution < 1.29 is 4.79 Å². The molecule has 0 aromatic carbocycles. The molecule has 0 saturated heterocycles. The zero-order valence-electron chi connectivity index (χ0n) is 11.3. The molecule has 18 heavy (non-hydrogen) atoms. The number of aryl methyl sites for hydroxylation is 2. The van der Waals surface area contributed by atoms with Crippen molar-refractivity contribution in [3.05, 3.63) is 40.7 Å². The average Bonchev–Trinajstić information content (AvgIpc) is 2.27. The lowest BCUT2D eigenvalue weighted by molar-refractivity contribution is 0.102. The van der Waals surface area contributed by atoms with Gasteiger partial charge in [0, 0.05) is 6.20 Å². The van der Waals surface area contributed by atoms with E-state index in [1.54, 1.807) is 6.20 Å². The third-order valence-electron chi connectivity index (χ3n) is 3.51. The van der Waals surface area contributed by atoms with E-state index < -0.39 is 0 Å². The summed E-state index contributed by atoms with van der Waals surface area (Å²) in [5.41, 5.74) is 3.69. The highest BCUT2D eigenvalue weighted by Crippen LogP contribution is 2.21. The van der Waals surface area contributed by atoms with Crippen LogP contribution in [0.3, 0.4) is 0 Å². The molecule has 2 nitrogen and oxygen atoms in total. The van der Waals surface area contributed by atoms with Crippen molar-refractivity contribution in [2.45, 2.75) is 52.4 Å². The fraction of sp³-hybridized carbons (Fsp3) is 0.500. The summed E-state index contributed by atoms with van der Waals surface area (Å²) in [6, 6.07) is 2.03. The van der Waals surface area contributed by atoms with E-state index in [-0.39, 0.29) is 5.78 Å². The van der Waals surface area contributed by atoms with Gasteiger partial charge in [0.1, 0.15) is 5.69 Å². The zero-order chi connectivity index (χ0) is 13.0. The van der Waals surface area contributed by atoms with Crippen LogP contribution in [0, 0.1) is 13.8 Å². The minimum absolute atomic E-state index is 0.134. The predicted molar refractivity (Wildman–Crippen MR) is 73.8 cm³/mol. The molecule has 0 unspecified atom stereocenters. The van der Waals surface area contributed by atoms with Crippen LogP contribution in [0.2, 0.25) is 0 Å². The first kappa shape index (κ1) is 13.0. The van der Waals surface area contributed by atoms with Gasteiger partial charge in [0.05, 0.1) is 0 Å². The molecule has 0 fully saturated rings. The molecule has 1 aliphatic rings. The second-order valence-corrected chi connectivity index (χ2v) is 5.19. The molecule has 96 valence electrons. The third-order valence-corrected chi connectivity index (χ3v) is 3.51. The van der Waals surface area contributed by atoms with Crippen molar-refractivity contribution in [3.63, 3.8) is 0 Å². The number of rotatable bonds is 2. The number of pyridine rings is 1. The largest absolute Gasteiger partial charge is 0.287 e. The highest BCUT2D eigenvalue weighted by atomic mass is 16.1. The number of hydrogen-bond donors (Lipinski definition) is 0. The number of allylic oxidation sites excluding steroid dienone is 2. The molecule has 0 N–H and O–H groups in total. The predicted octanol–water partition coefficient (Wildman–Crippen LogP) is 4.16. The van der Waals surface area contributed by atoms with Gasteiger partial charge in [0.25, 0.3) is 0 Å². The molecule has 0 radical (unpaired) electrons. The van der Waals surface area contributed by atoms with Crippen LogP contribution in [0.25, 0.3) is 0 Å². The smallest absolute Gasteiger partial charge is 0.207 e. The van der Waals surface area contributed by atoms with E-state index >= 15 is 0 Å². The summed E-state index contributed by atoms with van der Waals surface area (Å²) in [7, 11) is 0. The third kappa shape index (κ3) is 3.06. The van der Waals surface area contributed by atoms with E-state index in [0.717, 1.165) is 36.0 Å². The van der Waals surface area contributed by atoms with E-state index in [2.05, 4.69) is 11.1 Å². The molecule has 2 heteroatoms. The molecule has 0 bridgehead atoms. The molecule has 0 spiro atoms. The van der Waals surface area contributed by atoms with Gasteiger partial charge < -0.3 is 0 Å². The number of Topliss-reactive ketones (excluding diaryl/α,β-unsaturated/α-hetero) is 1. The van der Waals surface area contributed by atoms with Crippen LogP contribution < -0.4 is 0 Å². The molecule has 0 amide bonds. The molecular weight excluding hydrogens is 222 g/mol. The number of carbonyl (C=O) groups is 1. The van der Waals surface area contributed by atoms with Gasteiger partial charge in [-0.05, 0) is 56.2 Å². The Bertz CT molecular complexity index is 474. The van der Waals surface area contributed by atoms with Crippen LogP contribution in [0.15, 0.2) is 23.9 Å². The number of hydrogen-bond acceptors (Lipinski definition) is 2. The highest BCUT2D eigenvalue weighted by molar-refractivity contribution is 6.08. The Morgan fingerprint density at radius 3 is 2.72 bits per heavy atom. The standard InChI is InChI=1S/C16H21NO/c1-12-10-13(2)15(17-11-12)16(18)14-8-6-4-3-5-7-9-14/h8,10-11H,3-7,9H2,1-2H3. The minimum Gasteiger partial charge on any atom is -0.287 e. The van der Waals surface area contributed by atoms with Crippen molar-refractivity contribution in [1.82, 2.24) is 4.98 Å². The Kier molecular flexibility index (Phi) is 4.29. The monoisotopic (exact) mass is 243 g/mol. The summed E-state index contributed by atoms with van der Waals surface area (Å²) in [6.45, 7) is 3.97. The van der Waals surface area contributed by atoms with Gasteiger partial charge in [-0.1, -0.05) is 25.0 Å². The average molecular weight is 243 g/mol. The van der Waals surface area contributed by atoms with Crippen LogP contribution in [0.1, 0.15) is 60.1 Å². The van der Waals surface area contributed by atoms with Gasteiger partial charge in [-0.2, -0.15) is 0 Å². The normalized spacial score (nSPS) is 16.7. The Labute approximate surface area is 109 Å². The van der Waals surface area contributed by atoms with Crippen molar-refractivity contribution in [2.24, 2.45) is 0 Å². The topological polar surface area (TPSA) is 30.0 Å². The summed E-state index contributed by atoms with van der Waals surface area (Å²) in [4.78, 5) is 16.8. The Hall–Kier alpha value is -1.44. The van der Waals surface area contributed by atoms with E-state index in [1.807, 2.05) is 19.9 Å². The number of nitrogens with zero attached hydrogens (tertiary/aromatic N) is 1. The summed E-state index contributed by atoms with van der Waals surface area (Å²) < 4.78 is 0. The maximum Gasteiger partial charge on any atom is 0.207 e. The van der Waals surface area contributed by atoms with E-state index in [9.17, 15) is 4.79 Å². The zero-order valence-corrected chi connectivity index (χ0v) is 11.3. The summed E-state index contributed by atoms with van der Waals surface area (Å²) in [5.74, 6) is 0.134. The lowest BCUT2D eigenvalue weighted by Crippen LogP contribution is -2.09. The van der Waals surface area contributed by atoms with Crippen molar-refractivity contribution in [1.29, 1.82) is 0 Å². The summed E-state index contributed by atoms with van der Waals surface area (Å²) in [6.07, 6.45) is 10.7. The van der Waals surface area contributed by atoms with Crippen LogP contribution in [-0.2, 0) is 0 Å². The van der Waals surface area contributed by atoms with Gasteiger partial charge >= 0.3 is 0 Å². The van der Waals surface area contributed by atoms with Gasteiger partial charge in [-0.15, -0.1) is 0 Å². The van der Waals surface area contributed by atoms with Crippen LogP contribution in [0.5, 0.6) is 0 Å². The maximum absolute atomic E-state index is 12.5. The SMILES string of the molecule is Cc1cnc(C(=O)C2=CCCCCCC2)c(C)c1. The molecule has 1 heterocycles. The number of aromatic nitrogens is 1. The first-order valence-corrected chi connectivity index (χ1v) is 6.85. The highest BCUT2D eigenvalue weighted by Gasteiger charge is 2.16. The van der Waals surface area contributed by atoms with Crippen LogP contribution in [0.4, 0.5) is 0 Å². The molecule has 0 aliphatic heterocycles.